The molecule has 0 saturated heterocycles. The van der Waals surface area contributed by atoms with E-state index in [1.54, 1.807) is 30.3 Å². The molecule has 1 aromatic heterocycles. The van der Waals surface area contributed by atoms with Gasteiger partial charge in [-0.15, -0.1) is 10.2 Å². The van der Waals surface area contributed by atoms with Gasteiger partial charge in [0.25, 0.3) is 5.91 Å². The Bertz CT molecular complexity index is 901. The normalized spacial score (nSPS) is 10.4. The second-order valence-electron chi connectivity index (χ2n) is 5.88. The van der Waals surface area contributed by atoms with Crippen LogP contribution in [-0.4, -0.2) is 22.6 Å². The predicted molar refractivity (Wildman–Crippen MR) is 103 cm³/mol. The molecule has 0 aliphatic rings. The summed E-state index contributed by atoms with van der Waals surface area (Å²) in [5.41, 5.74) is 1.82. The molecule has 0 fully saturated rings. The van der Waals surface area contributed by atoms with Gasteiger partial charge < -0.3 is 10.6 Å². The first-order valence-electron chi connectivity index (χ1n) is 8.45. The molecule has 7 heteroatoms. The highest BCUT2D eigenvalue weighted by Gasteiger charge is 2.08. The molecule has 27 heavy (non-hydrogen) atoms. The number of nitrogens with one attached hydrogen (secondary N) is 2. The van der Waals surface area contributed by atoms with E-state index in [0.29, 0.717) is 35.9 Å². The third kappa shape index (κ3) is 5.49. The number of anilines is 1. The lowest BCUT2D eigenvalue weighted by molar-refractivity contribution is 0.0948. The number of hydrogen-bond donors (Lipinski definition) is 2. The average molecular weight is 385 g/mol. The standard InChI is InChI=1S/C20H18ClFN4O/c21-16-7-5-14(6-8-16)13-24-19-10-9-18(25-26-19)20(27)23-12-11-15-3-1-2-4-17(15)22/h1-10H,11-13H2,(H,23,27)(H,24,26). The molecule has 3 rings (SSSR count). The molecule has 1 heterocycles. The molecule has 138 valence electrons. The van der Waals surface area contributed by atoms with E-state index in [0.717, 1.165) is 5.56 Å². The monoisotopic (exact) mass is 384 g/mol. The number of carbonyl (C=O) groups is 1. The summed E-state index contributed by atoms with van der Waals surface area (Å²) in [6, 6.07) is 17.3. The van der Waals surface area contributed by atoms with Crippen LogP contribution in [-0.2, 0) is 13.0 Å². The maximum atomic E-state index is 13.5. The van der Waals surface area contributed by atoms with E-state index in [1.807, 2.05) is 24.3 Å². The van der Waals surface area contributed by atoms with Crippen LogP contribution in [0.25, 0.3) is 0 Å². The third-order valence-corrected chi connectivity index (χ3v) is 4.17. The van der Waals surface area contributed by atoms with Crippen molar-refractivity contribution in [3.63, 3.8) is 0 Å². The van der Waals surface area contributed by atoms with Crippen molar-refractivity contribution in [1.82, 2.24) is 15.5 Å². The number of halogens is 2. The SMILES string of the molecule is O=C(NCCc1ccccc1F)c1ccc(NCc2ccc(Cl)cc2)nn1. The Kier molecular flexibility index (Phi) is 6.33. The van der Waals surface area contributed by atoms with Gasteiger partial charge in [-0.25, -0.2) is 4.39 Å². The summed E-state index contributed by atoms with van der Waals surface area (Å²) in [5.74, 6) is -0.0568. The van der Waals surface area contributed by atoms with Crippen LogP contribution in [0.15, 0.2) is 60.7 Å². The van der Waals surface area contributed by atoms with E-state index in [1.165, 1.54) is 6.07 Å². The van der Waals surface area contributed by atoms with Gasteiger partial charge in [-0.3, -0.25) is 4.79 Å². The maximum absolute atomic E-state index is 13.5. The van der Waals surface area contributed by atoms with Gasteiger partial charge in [0, 0.05) is 18.1 Å². The molecule has 0 aliphatic heterocycles. The van der Waals surface area contributed by atoms with Crippen molar-refractivity contribution in [3.05, 3.63) is 88.3 Å². The summed E-state index contributed by atoms with van der Waals surface area (Å²) in [6.45, 7) is 0.887. The number of benzene rings is 2. The van der Waals surface area contributed by atoms with Gasteiger partial charge in [-0.1, -0.05) is 41.9 Å². The molecule has 0 saturated carbocycles. The van der Waals surface area contributed by atoms with Crippen molar-refractivity contribution in [2.24, 2.45) is 0 Å². The van der Waals surface area contributed by atoms with Gasteiger partial charge in [-0.05, 0) is 47.9 Å². The minimum absolute atomic E-state index is 0.209. The van der Waals surface area contributed by atoms with Gasteiger partial charge in [0.15, 0.2) is 5.69 Å². The molecule has 1 amide bonds. The Balaban J connectivity index is 1.48. The second kappa shape index (κ2) is 9.09. The van der Waals surface area contributed by atoms with E-state index in [-0.39, 0.29) is 17.4 Å². The van der Waals surface area contributed by atoms with E-state index in [2.05, 4.69) is 20.8 Å². The van der Waals surface area contributed by atoms with Gasteiger partial charge in [0.1, 0.15) is 11.6 Å². The van der Waals surface area contributed by atoms with Crippen molar-refractivity contribution in [2.45, 2.75) is 13.0 Å². The van der Waals surface area contributed by atoms with Gasteiger partial charge in [0.05, 0.1) is 0 Å². The lowest BCUT2D eigenvalue weighted by Crippen LogP contribution is -2.27. The lowest BCUT2D eigenvalue weighted by atomic mass is 10.1. The quantitative estimate of drug-likeness (QED) is 0.649. The molecule has 0 radical (unpaired) electrons. The Morgan fingerprint density at radius 2 is 1.78 bits per heavy atom. The Labute approximate surface area is 161 Å². The van der Waals surface area contributed by atoms with E-state index >= 15 is 0 Å². The van der Waals surface area contributed by atoms with Crippen LogP contribution in [0.2, 0.25) is 5.02 Å². The van der Waals surface area contributed by atoms with Gasteiger partial charge >= 0.3 is 0 Å². The first kappa shape index (κ1) is 18.8. The molecule has 2 aromatic carbocycles. The van der Waals surface area contributed by atoms with Crippen molar-refractivity contribution >= 4 is 23.3 Å². The average Bonchev–Trinajstić information content (AvgIpc) is 2.69. The molecule has 5 nitrogen and oxygen atoms in total. The minimum Gasteiger partial charge on any atom is -0.365 e. The summed E-state index contributed by atoms with van der Waals surface area (Å²) >= 11 is 5.86. The number of carbonyl (C=O) groups excluding carboxylic acids is 1. The molecule has 2 N–H and O–H groups in total. The molecule has 3 aromatic rings. The lowest BCUT2D eigenvalue weighted by Gasteiger charge is -2.07. The highest BCUT2D eigenvalue weighted by molar-refractivity contribution is 6.30. The second-order valence-corrected chi connectivity index (χ2v) is 6.32. The zero-order valence-corrected chi connectivity index (χ0v) is 15.2. The molecule has 0 bridgehead atoms. The van der Waals surface area contributed by atoms with Crippen LogP contribution >= 0.6 is 11.6 Å². The fraction of sp³-hybridized carbons (Fsp3) is 0.150. The maximum Gasteiger partial charge on any atom is 0.271 e. The smallest absolute Gasteiger partial charge is 0.271 e. The molecular weight excluding hydrogens is 367 g/mol. The van der Waals surface area contributed by atoms with Crippen LogP contribution in [0.3, 0.4) is 0 Å². The summed E-state index contributed by atoms with van der Waals surface area (Å²) in [5, 5.41) is 14.5. The predicted octanol–water partition coefficient (Wildman–Crippen LogP) is 3.85. The molecule has 0 aliphatic carbocycles. The van der Waals surface area contributed by atoms with Gasteiger partial charge in [-0.2, -0.15) is 0 Å². The van der Waals surface area contributed by atoms with E-state index in [9.17, 15) is 9.18 Å². The highest BCUT2D eigenvalue weighted by Crippen LogP contribution is 2.11. The number of nitrogens with zero attached hydrogens (tertiary/aromatic N) is 2. The first-order chi connectivity index (χ1) is 13.1. The Morgan fingerprint density at radius 1 is 1.00 bits per heavy atom. The zero-order chi connectivity index (χ0) is 19.1. The number of hydrogen-bond acceptors (Lipinski definition) is 4. The third-order valence-electron chi connectivity index (χ3n) is 3.92. The van der Waals surface area contributed by atoms with Crippen LogP contribution in [0.5, 0.6) is 0 Å². The van der Waals surface area contributed by atoms with Crippen LogP contribution in [0, 0.1) is 5.82 Å². The fourth-order valence-electron chi connectivity index (χ4n) is 2.44. The Hall–Kier alpha value is -2.99. The fourth-order valence-corrected chi connectivity index (χ4v) is 2.57. The van der Waals surface area contributed by atoms with Crippen LogP contribution in [0.4, 0.5) is 10.2 Å². The molecule has 0 atom stereocenters. The number of rotatable bonds is 7. The van der Waals surface area contributed by atoms with Crippen molar-refractivity contribution in [1.29, 1.82) is 0 Å². The zero-order valence-electron chi connectivity index (χ0n) is 14.5. The summed E-state index contributed by atoms with van der Waals surface area (Å²) in [4.78, 5) is 12.1. The Morgan fingerprint density at radius 3 is 2.48 bits per heavy atom. The highest BCUT2D eigenvalue weighted by atomic mass is 35.5. The van der Waals surface area contributed by atoms with E-state index in [4.69, 9.17) is 11.6 Å². The van der Waals surface area contributed by atoms with Crippen LogP contribution in [0.1, 0.15) is 21.6 Å². The van der Waals surface area contributed by atoms with Crippen molar-refractivity contribution in [3.8, 4) is 0 Å². The first-order valence-corrected chi connectivity index (χ1v) is 8.83. The molecule has 0 unspecified atom stereocenters. The largest absolute Gasteiger partial charge is 0.365 e. The van der Waals surface area contributed by atoms with Crippen molar-refractivity contribution in [2.75, 3.05) is 11.9 Å². The number of aromatic nitrogens is 2. The summed E-state index contributed by atoms with van der Waals surface area (Å²) in [7, 11) is 0. The minimum atomic E-state index is -0.344. The van der Waals surface area contributed by atoms with Gasteiger partial charge in [0.2, 0.25) is 0 Å². The number of amides is 1. The summed E-state index contributed by atoms with van der Waals surface area (Å²) in [6.07, 6.45) is 0.409. The topological polar surface area (TPSA) is 66.9 Å². The molecular formula is C20H18ClFN4O. The van der Waals surface area contributed by atoms with Crippen molar-refractivity contribution < 1.29 is 9.18 Å². The molecule has 0 spiro atoms. The summed E-state index contributed by atoms with van der Waals surface area (Å²) < 4.78 is 13.5. The van der Waals surface area contributed by atoms with Crippen LogP contribution < -0.4 is 10.6 Å². The van der Waals surface area contributed by atoms with E-state index < -0.39 is 0 Å².